The molecule has 112 valence electrons. The van der Waals surface area contributed by atoms with Crippen molar-refractivity contribution in [3.05, 3.63) is 0 Å². The van der Waals surface area contributed by atoms with Gasteiger partial charge >= 0.3 is 17.5 Å². The summed E-state index contributed by atoms with van der Waals surface area (Å²) in [4.78, 5) is 22.0. The standard InChI is InChI=1S/C10H17F3N2O3S/c1-2-3-7(8(16)17)6-15-9(18)14-4-5-19-10(11,12)13/h7H,2-6H2,1H3,(H,16,17)(H2,14,15,18). The number of carbonyl (C=O) groups excluding carboxylic acids is 1. The molecule has 0 aromatic rings. The van der Waals surface area contributed by atoms with Crippen LogP contribution in [0.2, 0.25) is 0 Å². The Labute approximate surface area is 113 Å². The van der Waals surface area contributed by atoms with E-state index in [4.69, 9.17) is 5.11 Å². The Balaban J connectivity index is 3.77. The summed E-state index contributed by atoms with van der Waals surface area (Å²) < 4.78 is 35.3. The minimum absolute atomic E-state index is 0.0403. The van der Waals surface area contributed by atoms with Gasteiger partial charge in [-0.1, -0.05) is 13.3 Å². The molecule has 0 spiro atoms. The number of aliphatic carboxylic acids is 1. The lowest BCUT2D eigenvalue weighted by Crippen LogP contribution is -2.40. The van der Waals surface area contributed by atoms with Crippen LogP contribution < -0.4 is 10.6 Å². The monoisotopic (exact) mass is 302 g/mol. The summed E-state index contributed by atoms with van der Waals surface area (Å²) in [5.41, 5.74) is -4.31. The summed E-state index contributed by atoms with van der Waals surface area (Å²) in [6.07, 6.45) is 1.10. The Bertz CT molecular complexity index is 300. The molecule has 0 rings (SSSR count). The molecule has 1 unspecified atom stereocenters. The van der Waals surface area contributed by atoms with Crippen LogP contribution >= 0.6 is 11.8 Å². The number of halogens is 3. The highest BCUT2D eigenvalue weighted by Crippen LogP contribution is 2.29. The second kappa shape index (κ2) is 8.89. The lowest BCUT2D eigenvalue weighted by atomic mass is 10.0. The molecule has 0 fully saturated rings. The topological polar surface area (TPSA) is 78.4 Å². The van der Waals surface area contributed by atoms with Crippen molar-refractivity contribution in [3.8, 4) is 0 Å². The number of carboxylic acid groups (broad SMARTS) is 1. The van der Waals surface area contributed by atoms with Crippen LogP contribution in [0.1, 0.15) is 19.8 Å². The Kier molecular flexibility index (Phi) is 8.37. The zero-order chi connectivity index (χ0) is 14.9. The van der Waals surface area contributed by atoms with Crippen LogP contribution in [0.4, 0.5) is 18.0 Å². The van der Waals surface area contributed by atoms with Gasteiger partial charge in [0, 0.05) is 18.8 Å². The first-order valence-electron chi connectivity index (χ1n) is 5.71. The van der Waals surface area contributed by atoms with Gasteiger partial charge in [-0.2, -0.15) is 13.2 Å². The number of rotatable bonds is 8. The molecule has 0 aromatic carbocycles. The van der Waals surface area contributed by atoms with Crippen molar-refractivity contribution in [2.75, 3.05) is 18.8 Å². The van der Waals surface area contributed by atoms with Gasteiger partial charge in [-0.15, -0.1) is 0 Å². The molecular formula is C10H17F3N2O3S. The summed E-state index contributed by atoms with van der Waals surface area (Å²) in [5, 5.41) is 13.4. The molecule has 1 atom stereocenters. The fourth-order valence-corrected chi connectivity index (χ4v) is 1.71. The Morgan fingerprint density at radius 3 is 2.42 bits per heavy atom. The Hall–Kier alpha value is -1.12. The van der Waals surface area contributed by atoms with Crippen molar-refractivity contribution in [1.82, 2.24) is 10.6 Å². The van der Waals surface area contributed by atoms with Crippen LogP contribution in [0.5, 0.6) is 0 Å². The number of nitrogens with one attached hydrogen (secondary N) is 2. The van der Waals surface area contributed by atoms with Crippen LogP contribution in [-0.4, -0.2) is 41.5 Å². The summed E-state index contributed by atoms with van der Waals surface area (Å²) in [6.45, 7) is 1.65. The van der Waals surface area contributed by atoms with Gasteiger partial charge in [0.2, 0.25) is 0 Å². The second-order valence-electron chi connectivity index (χ2n) is 3.75. The highest BCUT2D eigenvalue weighted by atomic mass is 32.2. The molecular weight excluding hydrogens is 285 g/mol. The number of alkyl halides is 3. The van der Waals surface area contributed by atoms with Gasteiger partial charge in [0.1, 0.15) is 0 Å². The van der Waals surface area contributed by atoms with E-state index < -0.39 is 23.4 Å². The zero-order valence-corrected chi connectivity index (χ0v) is 11.2. The number of urea groups is 1. The third-order valence-corrected chi connectivity index (χ3v) is 2.88. The van der Waals surface area contributed by atoms with Crippen LogP contribution in [0.25, 0.3) is 0 Å². The van der Waals surface area contributed by atoms with Crippen molar-refractivity contribution in [1.29, 1.82) is 0 Å². The molecule has 0 aromatic heterocycles. The van der Waals surface area contributed by atoms with E-state index in [-0.39, 0.29) is 30.6 Å². The molecule has 3 N–H and O–H groups in total. The van der Waals surface area contributed by atoms with E-state index in [2.05, 4.69) is 10.6 Å². The molecule has 0 aliphatic heterocycles. The summed E-state index contributed by atoms with van der Waals surface area (Å²) in [6, 6.07) is -0.662. The molecule has 0 aliphatic rings. The van der Waals surface area contributed by atoms with Crippen LogP contribution in [0.3, 0.4) is 0 Å². The van der Waals surface area contributed by atoms with Crippen molar-refractivity contribution < 1.29 is 27.9 Å². The Morgan fingerprint density at radius 2 is 1.95 bits per heavy atom. The van der Waals surface area contributed by atoms with E-state index in [1.54, 1.807) is 0 Å². The fraction of sp³-hybridized carbons (Fsp3) is 0.800. The normalized spacial score (nSPS) is 12.8. The van der Waals surface area contributed by atoms with E-state index in [1.165, 1.54) is 0 Å². The molecule has 0 saturated carbocycles. The minimum Gasteiger partial charge on any atom is -0.481 e. The maximum atomic E-state index is 11.8. The van der Waals surface area contributed by atoms with E-state index in [1.807, 2.05) is 6.92 Å². The highest BCUT2D eigenvalue weighted by molar-refractivity contribution is 8.00. The number of hydrogen-bond donors (Lipinski definition) is 3. The molecule has 0 bridgehead atoms. The highest BCUT2D eigenvalue weighted by Gasteiger charge is 2.27. The first kappa shape index (κ1) is 17.9. The number of carbonyl (C=O) groups is 2. The van der Waals surface area contributed by atoms with Gasteiger partial charge in [0.05, 0.1) is 5.92 Å². The number of carboxylic acids is 1. The van der Waals surface area contributed by atoms with Crippen LogP contribution in [-0.2, 0) is 4.79 Å². The third kappa shape index (κ3) is 10.5. The van der Waals surface area contributed by atoms with Crippen LogP contribution in [0, 0.1) is 5.92 Å². The maximum Gasteiger partial charge on any atom is 0.441 e. The van der Waals surface area contributed by atoms with E-state index in [9.17, 15) is 22.8 Å². The molecule has 0 radical (unpaired) electrons. The first-order valence-corrected chi connectivity index (χ1v) is 6.70. The van der Waals surface area contributed by atoms with Gasteiger partial charge in [-0.3, -0.25) is 4.79 Å². The predicted molar refractivity (Wildman–Crippen MR) is 65.9 cm³/mol. The fourth-order valence-electron chi connectivity index (χ4n) is 1.27. The molecule has 0 heterocycles. The van der Waals surface area contributed by atoms with Crippen molar-refractivity contribution in [3.63, 3.8) is 0 Å². The first-order chi connectivity index (χ1) is 8.76. The average molecular weight is 302 g/mol. The van der Waals surface area contributed by atoms with Crippen molar-refractivity contribution >= 4 is 23.8 Å². The lowest BCUT2D eigenvalue weighted by Gasteiger charge is -2.13. The van der Waals surface area contributed by atoms with Gasteiger partial charge < -0.3 is 15.7 Å². The van der Waals surface area contributed by atoms with E-state index in [0.717, 1.165) is 0 Å². The van der Waals surface area contributed by atoms with Gasteiger partial charge in [-0.25, -0.2) is 4.79 Å². The second-order valence-corrected chi connectivity index (χ2v) is 4.91. The number of hydrogen-bond acceptors (Lipinski definition) is 3. The zero-order valence-electron chi connectivity index (χ0n) is 10.4. The predicted octanol–water partition coefficient (Wildman–Crippen LogP) is 2.04. The molecule has 9 heteroatoms. The third-order valence-electron chi connectivity index (χ3n) is 2.15. The molecule has 5 nitrogen and oxygen atoms in total. The van der Waals surface area contributed by atoms with Gasteiger partial charge in [0.25, 0.3) is 0 Å². The van der Waals surface area contributed by atoms with Gasteiger partial charge in [0.15, 0.2) is 0 Å². The SMILES string of the molecule is CCCC(CNC(=O)NCCSC(F)(F)F)C(=O)O. The lowest BCUT2D eigenvalue weighted by molar-refractivity contribution is -0.141. The van der Waals surface area contributed by atoms with Crippen molar-refractivity contribution in [2.24, 2.45) is 5.92 Å². The minimum atomic E-state index is -4.31. The van der Waals surface area contributed by atoms with Gasteiger partial charge in [-0.05, 0) is 18.2 Å². The molecule has 19 heavy (non-hydrogen) atoms. The summed E-state index contributed by atoms with van der Waals surface area (Å²) >= 11 is -0.224. The van der Waals surface area contributed by atoms with Crippen LogP contribution in [0.15, 0.2) is 0 Å². The number of amides is 2. The van der Waals surface area contributed by atoms with Crippen molar-refractivity contribution in [2.45, 2.75) is 25.3 Å². The summed E-state index contributed by atoms with van der Waals surface area (Å²) in [5.74, 6) is -1.97. The number of thioether (sulfide) groups is 1. The van der Waals surface area contributed by atoms with E-state index in [0.29, 0.717) is 12.8 Å². The molecule has 0 aliphatic carbocycles. The Morgan fingerprint density at radius 1 is 1.32 bits per heavy atom. The molecule has 2 amide bonds. The quantitative estimate of drug-likeness (QED) is 0.600. The molecule has 0 saturated heterocycles. The maximum absolute atomic E-state index is 11.8. The summed E-state index contributed by atoms with van der Waals surface area (Å²) in [7, 11) is 0. The largest absolute Gasteiger partial charge is 0.481 e. The smallest absolute Gasteiger partial charge is 0.441 e. The average Bonchev–Trinajstić information content (AvgIpc) is 2.28. The van der Waals surface area contributed by atoms with E-state index >= 15 is 0 Å².